The summed E-state index contributed by atoms with van der Waals surface area (Å²) in [5.74, 6) is -3.53. The largest absolute Gasteiger partial charge is 0.477 e. The predicted octanol–water partition coefficient (Wildman–Crippen LogP) is 5.09. The van der Waals surface area contributed by atoms with Gasteiger partial charge in [0.1, 0.15) is 0 Å². The van der Waals surface area contributed by atoms with E-state index in [4.69, 9.17) is 0 Å². The lowest BCUT2D eigenvalue weighted by atomic mass is 10.00. The molecule has 3 N–H and O–H groups in total. The van der Waals surface area contributed by atoms with Crippen LogP contribution in [0.25, 0.3) is 0 Å². The lowest BCUT2D eigenvalue weighted by Gasteiger charge is -2.47. The molecule has 0 heterocycles. The third-order valence-corrected chi connectivity index (χ3v) is 6.54. The number of nitrogens with zero attached hydrogens (tertiary/aromatic N) is 1. The van der Waals surface area contributed by atoms with Gasteiger partial charge in [-0.3, -0.25) is 4.48 Å². The van der Waals surface area contributed by atoms with E-state index in [1.807, 2.05) is 0 Å². The van der Waals surface area contributed by atoms with Gasteiger partial charge in [0.05, 0.1) is 6.54 Å². The van der Waals surface area contributed by atoms with E-state index in [-0.39, 0.29) is 6.54 Å². The Morgan fingerprint density at radius 1 is 0.645 bits per heavy atom. The minimum absolute atomic E-state index is 0.214. The number of unbranched alkanes of at least 4 members (excludes halogenated alkanes) is 9. The molecule has 0 aromatic carbocycles. The molecule has 0 aliphatic carbocycles. The topological polar surface area (TPSA) is 112 Å². The van der Waals surface area contributed by atoms with E-state index in [0.29, 0.717) is 6.42 Å². The van der Waals surface area contributed by atoms with Crippen LogP contribution in [0.3, 0.4) is 0 Å². The van der Waals surface area contributed by atoms with Crippen molar-refractivity contribution in [3.05, 3.63) is 12.2 Å². The van der Waals surface area contributed by atoms with Gasteiger partial charge in [-0.05, 0) is 59.3 Å². The average molecular weight is 443 g/mol. The lowest BCUT2D eigenvalue weighted by molar-refractivity contribution is -0.968. The second-order valence-corrected chi connectivity index (χ2v) is 8.64. The van der Waals surface area contributed by atoms with Gasteiger partial charge < -0.3 is 15.3 Å². The van der Waals surface area contributed by atoms with Crippen molar-refractivity contribution in [3.63, 3.8) is 0 Å². The molecule has 0 fully saturated rings. The first-order chi connectivity index (χ1) is 14.6. The SMILES string of the molecule is CCCCCC/C=C/CCCCCCC[N+](C(C)C(=O)O)(C(C)C(=O)O)C(C)C(=O)O. The lowest BCUT2D eigenvalue weighted by Crippen LogP contribution is -2.70. The molecule has 0 saturated carbocycles. The van der Waals surface area contributed by atoms with Crippen LogP contribution < -0.4 is 0 Å². The Bertz CT molecular complexity index is 524. The number of carboxylic acid groups (broad SMARTS) is 3. The Morgan fingerprint density at radius 2 is 1.00 bits per heavy atom. The first kappa shape index (κ1) is 29.1. The van der Waals surface area contributed by atoms with E-state index in [0.717, 1.165) is 38.5 Å². The highest BCUT2D eigenvalue weighted by molar-refractivity contribution is 5.77. The van der Waals surface area contributed by atoms with Gasteiger partial charge >= 0.3 is 17.9 Å². The van der Waals surface area contributed by atoms with Gasteiger partial charge in [0.15, 0.2) is 18.1 Å². The first-order valence-corrected chi connectivity index (χ1v) is 11.8. The van der Waals surface area contributed by atoms with Crippen LogP contribution in [0.15, 0.2) is 12.2 Å². The Hall–Kier alpha value is -1.89. The molecule has 31 heavy (non-hydrogen) atoms. The van der Waals surface area contributed by atoms with Gasteiger partial charge in [-0.25, -0.2) is 14.4 Å². The fraction of sp³-hybridized carbons (Fsp3) is 0.792. The number of allylic oxidation sites excluding steroid dienone is 2. The van der Waals surface area contributed by atoms with Crippen LogP contribution in [0.5, 0.6) is 0 Å². The van der Waals surface area contributed by atoms with Gasteiger partial charge in [-0.2, -0.15) is 0 Å². The molecule has 0 spiro atoms. The van der Waals surface area contributed by atoms with Crippen molar-refractivity contribution in [2.45, 2.75) is 116 Å². The van der Waals surface area contributed by atoms with Crippen LogP contribution in [0.4, 0.5) is 0 Å². The van der Waals surface area contributed by atoms with Gasteiger partial charge in [0, 0.05) is 0 Å². The maximum absolute atomic E-state index is 11.7. The Labute approximate surface area is 187 Å². The first-order valence-electron chi connectivity index (χ1n) is 11.8. The highest BCUT2D eigenvalue weighted by Gasteiger charge is 2.52. The maximum atomic E-state index is 11.7. The predicted molar refractivity (Wildman–Crippen MR) is 122 cm³/mol. The molecule has 0 rings (SSSR count). The number of quaternary nitrogens is 1. The summed E-state index contributed by atoms with van der Waals surface area (Å²) in [6.45, 7) is 6.66. The molecule has 0 aliphatic heterocycles. The number of carbonyl (C=O) groups is 3. The summed E-state index contributed by atoms with van der Waals surface area (Å²) in [5.41, 5.74) is 0. The number of carboxylic acids is 3. The third-order valence-electron chi connectivity index (χ3n) is 6.54. The summed E-state index contributed by atoms with van der Waals surface area (Å²) in [7, 11) is 0. The molecule has 0 amide bonds. The molecule has 3 atom stereocenters. The minimum atomic E-state index is -1.18. The van der Waals surface area contributed by atoms with E-state index in [2.05, 4.69) is 19.1 Å². The fourth-order valence-electron chi connectivity index (χ4n) is 4.31. The number of hydrogen-bond acceptors (Lipinski definition) is 3. The molecule has 180 valence electrons. The van der Waals surface area contributed by atoms with E-state index < -0.39 is 40.5 Å². The quantitative estimate of drug-likeness (QED) is 0.146. The molecule has 7 nitrogen and oxygen atoms in total. The van der Waals surface area contributed by atoms with Crippen molar-refractivity contribution in [3.8, 4) is 0 Å². The second kappa shape index (κ2) is 15.8. The van der Waals surface area contributed by atoms with Crippen molar-refractivity contribution < 1.29 is 34.2 Å². The molecule has 0 bridgehead atoms. The van der Waals surface area contributed by atoms with E-state index in [9.17, 15) is 29.7 Å². The summed E-state index contributed by atoms with van der Waals surface area (Å²) in [6, 6.07) is -3.38. The average Bonchev–Trinajstić information content (AvgIpc) is 2.72. The molecule has 3 unspecified atom stereocenters. The van der Waals surface area contributed by atoms with Crippen LogP contribution in [-0.2, 0) is 14.4 Å². The van der Waals surface area contributed by atoms with Gasteiger partial charge in [-0.15, -0.1) is 0 Å². The smallest absolute Gasteiger partial charge is 0.362 e. The monoisotopic (exact) mass is 442 g/mol. The van der Waals surface area contributed by atoms with Crippen molar-refractivity contribution in [2.75, 3.05) is 6.54 Å². The number of rotatable bonds is 19. The maximum Gasteiger partial charge on any atom is 0.362 e. The summed E-state index contributed by atoms with van der Waals surface area (Å²) in [6.07, 6.45) is 16.3. The number of aliphatic carboxylic acids is 3. The molecule has 0 radical (unpaired) electrons. The molecule has 0 aromatic heterocycles. The third kappa shape index (κ3) is 9.85. The van der Waals surface area contributed by atoms with Gasteiger partial charge in [0.25, 0.3) is 0 Å². The van der Waals surface area contributed by atoms with Gasteiger partial charge in [-0.1, -0.05) is 51.2 Å². The van der Waals surface area contributed by atoms with Crippen LogP contribution >= 0.6 is 0 Å². The molecule has 0 aromatic rings. The van der Waals surface area contributed by atoms with Crippen LogP contribution in [0.1, 0.15) is 98.3 Å². The molecule has 0 saturated heterocycles. The van der Waals surface area contributed by atoms with Crippen molar-refractivity contribution in [1.29, 1.82) is 0 Å². The Morgan fingerprint density at radius 3 is 1.39 bits per heavy atom. The Balaban J connectivity index is 4.65. The van der Waals surface area contributed by atoms with Gasteiger partial charge in [0.2, 0.25) is 0 Å². The van der Waals surface area contributed by atoms with E-state index in [1.54, 1.807) is 0 Å². The Kier molecular flexibility index (Phi) is 14.9. The second-order valence-electron chi connectivity index (χ2n) is 8.64. The van der Waals surface area contributed by atoms with Crippen LogP contribution in [0.2, 0.25) is 0 Å². The summed E-state index contributed by atoms with van der Waals surface area (Å²) >= 11 is 0. The fourth-order valence-corrected chi connectivity index (χ4v) is 4.31. The van der Waals surface area contributed by atoms with E-state index in [1.165, 1.54) is 46.5 Å². The molecular weight excluding hydrogens is 398 g/mol. The zero-order valence-corrected chi connectivity index (χ0v) is 19.9. The highest BCUT2D eigenvalue weighted by Crippen LogP contribution is 2.27. The highest BCUT2D eigenvalue weighted by atomic mass is 16.4. The zero-order valence-electron chi connectivity index (χ0n) is 19.9. The molecule has 7 heteroatoms. The van der Waals surface area contributed by atoms with Crippen molar-refractivity contribution in [1.82, 2.24) is 0 Å². The molecule has 0 aliphatic rings. The van der Waals surface area contributed by atoms with Crippen LogP contribution in [-0.4, -0.2) is 62.4 Å². The van der Waals surface area contributed by atoms with E-state index >= 15 is 0 Å². The summed E-state index contributed by atoms with van der Waals surface area (Å²) in [4.78, 5) is 35.2. The summed E-state index contributed by atoms with van der Waals surface area (Å²) < 4.78 is -0.485. The zero-order chi connectivity index (χ0) is 23.9. The minimum Gasteiger partial charge on any atom is -0.477 e. The standard InChI is InChI=1S/C24H43NO6/c1-5-6-7-8-9-10-11-12-13-14-15-16-17-18-25(19(2)22(26)27,20(3)23(28)29)21(4)24(30)31/h10-11,19-21H,5-9,12-18H2,1-4H3,(H2-,26,27,28,29,30,31)/p+1/b11-10+. The van der Waals surface area contributed by atoms with Crippen molar-refractivity contribution >= 4 is 17.9 Å². The number of hydrogen-bond donors (Lipinski definition) is 3. The normalized spacial score (nSPS) is 16.5. The van der Waals surface area contributed by atoms with Crippen molar-refractivity contribution in [2.24, 2.45) is 0 Å². The molecular formula is C24H44NO6+. The summed E-state index contributed by atoms with van der Waals surface area (Å²) in [5, 5.41) is 28.7. The van der Waals surface area contributed by atoms with Crippen LogP contribution in [0, 0.1) is 0 Å².